The van der Waals surface area contributed by atoms with Gasteiger partial charge in [0.15, 0.2) is 0 Å². The van der Waals surface area contributed by atoms with Gasteiger partial charge in [0.25, 0.3) is 0 Å². The Hall–Kier alpha value is -3.60. The quantitative estimate of drug-likeness (QED) is 0.250. The molecule has 3 aromatic heterocycles. The highest BCUT2D eigenvalue weighted by molar-refractivity contribution is 7.22. The topological polar surface area (TPSA) is 25.8 Å². The van der Waals surface area contributed by atoms with Crippen molar-refractivity contribution in [3.05, 3.63) is 97.1 Å². The molecule has 4 heteroatoms. The Morgan fingerprint density at radius 3 is 1.28 bits per heavy atom. The minimum Gasteiger partial charge on any atom is -0.148 e. The Morgan fingerprint density at radius 1 is 0.438 bits per heavy atom. The molecule has 150 valence electrons. The van der Waals surface area contributed by atoms with Crippen LogP contribution in [0.1, 0.15) is 0 Å². The lowest BCUT2D eigenvalue weighted by Crippen LogP contribution is -1.93. The number of nitrogens with zero attached hydrogens (tertiary/aromatic N) is 2. The van der Waals surface area contributed by atoms with Crippen LogP contribution in [0.5, 0.6) is 0 Å². The van der Waals surface area contributed by atoms with Gasteiger partial charge in [0.05, 0.1) is 9.75 Å². The normalized spacial score (nSPS) is 11.8. The lowest BCUT2D eigenvalue weighted by atomic mass is 10.0. The monoisotopic (exact) mass is 444 g/mol. The first-order valence-corrected chi connectivity index (χ1v) is 12.1. The number of fused-ring (bicyclic) bond motifs is 4. The average molecular weight is 445 g/mol. The van der Waals surface area contributed by atoms with Gasteiger partial charge in [-0.05, 0) is 57.9 Å². The van der Waals surface area contributed by atoms with Gasteiger partial charge in [0, 0.05) is 20.2 Å². The van der Waals surface area contributed by atoms with Crippen LogP contribution in [0.4, 0.5) is 0 Å². The van der Waals surface area contributed by atoms with Crippen LogP contribution < -0.4 is 0 Å². The summed E-state index contributed by atoms with van der Waals surface area (Å²) >= 11 is 3.55. The van der Waals surface area contributed by atoms with Crippen LogP contribution in [0.3, 0.4) is 0 Å². The molecule has 0 aliphatic heterocycles. The summed E-state index contributed by atoms with van der Waals surface area (Å²) in [6.07, 6.45) is 0. The largest absolute Gasteiger partial charge is 0.148 e. The minimum absolute atomic E-state index is 0.955. The highest BCUT2D eigenvalue weighted by Gasteiger charge is 2.17. The molecule has 0 unspecified atom stereocenters. The molecule has 2 nitrogen and oxygen atoms in total. The number of hydrogen-bond donors (Lipinski definition) is 0. The molecule has 4 aromatic carbocycles. The molecule has 3 heterocycles. The molecule has 0 amide bonds. The molecule has 7 rings (SSSR count). The van der Waals surface area contributed by atoms with Gasteiger partial charge in [0.2, 0.25) is 0 Å². The number of rotatable bonds is 2. The van der Waals surface area contributed by atoms with E-state index in [4.69, 9.17) is 10.2 Å². The Morgan fingerprint density at radius 2 is 0.844 bits per heavy atom. The van der Waals surface area contributed by atoms with E-state index in [0.29, 0.717) is 0 Å². The van der Waals surface area contributed by atoms with E-state index in [9.17, 15) is 0 Å². The Labute approximate surface area is 192 Å². The van der Waals surface area contributed by atoms with Crippen molar-refractivity contribution in [3.8, 4) is 21.1 Å². The first-order valence-electron chi connectivity index (χ1n) is 10.5. The van der Waals surface area contributed by atoms with E-state index < -0.39 is 0 Å². The molecule has 0 atom stereocenters. The van der Waals surface area contributed by atoms with E-state index in [1.54, 1.807) is 22.7 Å². The van der Waals surface area contributed by atoms with Gasteiger partial charge in [0.1, 0.15) is 11.4 Å². The van der Waals surface area contributed by atoms with Crippen LogP contribution in [0, 0.1) is 0 Å². The van der Waals surface area contributed by atoms with Gasteiger partial charge in [-0.15, -0.1) is 32.9 Å². The van der Waals surface area contributed by atoms with Crippen LogP contribution in [0.2, 0.25) is 0 Å². The van der Waals surface area contributed by atoms with E-state index >= 15 is 0 Å². The summed E-state index contributed by atoms with van der Waals surface area (Å²) in [6, 6.07) is 34.5. The third kappa shape index (κ3) is 2.77. The number of benzene rings is 4. The summed E-state index contributed by atoms with van der Waals surface area (Å²) in [7, 11) is 0. The molecule has 0 N–H and O–H groups in total. The van der Waals surface area contributed by atoms with Crippen molar-refractivity contribution >= 4 is 64.4 Å². The fraction of sp³-hybridized carbons (Fsp3) is 0. The van der Waals surface area contributed by atoms with Crippen molar-refractivity contribution in [1.29, 1.82) is 0 Å². The molecule has 0 spiro atoms. The summed E-state index contributed by atoms with van der Waals surface area (Å²) in [5.74, 6) is 0. The van der Waals surface area contributed by atoms with Gasteiger partial charge < -0.3 is 0 Å². The summed E-state index contributed by atoms with van der Waals surface area (Å²) in [4.78, 5) is 2.31. The van der Waals surface area contributed by atoms with Crippen molar-refractivity contribution in [3.63, 3.8) is 0 Å². The number of aromatic nitrogens is 2. The molecule has 0 aliphatic carbocycles. The average Bonchev–Trinajstić information content (AvgIpc) is 3.46. The van der Waals surface area contributed by atoms with Crippen molar-refractivity contribution in [2.24, 2.45) is 0 Å². The van der Waals surface area contributed by atoms with E-state index in [0.717, 1.165) is 31.9 Å². The van der Waals surface area contributed by atoms with Crippen LogP contribution in [-0.4, -0.2) is 10.2 Å². The fourth-order valence-electron chi connectivity index (χ4n) is 4.40. The molecular weight excluding hydrogens is 428 g/mol. The van der Waals surface area contributed by atoms with E-state index in [1.807, 2.05) is 0 Å². The highest BCUT2D eigenvalue weighted by atomic mass is 32.1. The molecule has 32 heavy (non-hydrogen) atoms. The van der Waals surface area contributed by atoms with Gasteiger partial charge >= 0.3 is 0 Å². The SMILES string of the molecule is c1ccc2cc3c(-c4cc5ccccc5s4)nnc(-c4cc5ccccc5s4)c3cc2c1. The first kappa shape index (κ1) is 18.0. The summed E-state index contributed by atoms with van der Waals surface area (Å²) < 4.78 is 2.54. The minimum atomic E-state index is 0.955. The first-order chi connectivity index (χ1) is 15.8. The van der Waals surface area contributed by atoms with Crippen LogP contribution >= 0.6 is 22.7 Å². The molecule has 0 saturated heterocycles. The molecule has 0 fully saturated rings. The molecule has 7 aromatic rings. The third-order valence-corrected chi connectivity index (χ3v) is 8.21. The van der Waals surface area contributed by atoms with Crippen LogP contribution in [0.25, 0.3) is 62.9 Å². The predicted octanol–water partition coefficient (Wildman–Crippen LogP) is 8.55. The molecule has 0 radical (unpaired) electrons. The van der Waals surface area contributed by atoms with Gasteiger partial charge in [-0.1, -0.05) is 60.7 Å². The second kappa shape index (κ2) is 6.95. The maximum Gasteiger partial charge on any atom is 0.111 e. The highest BCUT2D eigenvalue weighted by Crippen LogP contribution is 2.41. The molecule has 0 aliphatic rings. The Bertz CT molecular complexity index is 1590. The molecule has 0 saturated carbocycles. The zero-order valence-electron chi connectivity index (χ0n) is 16.9. The fourth-order valence-corrected chi connectivity index (χ4v) is 6.52. The van der Waals surface area contributed by atoms with Crippen molar-refractivity contribution in [1.82, 2.24) is 10.2 Å². The number of hydrogen-bond acceptors (Lipinski definition) is 4. The molecule has 0 bridgehead atoms. The van der Waals surface area contributed by atoms with Crippen molar-refractivity contribution in [2.45, 2.75) is 0 Å². The maximum absolute atomic E-state index is 4.79. The third-order valence-electron chi connectivity index (χ3n) is 5.96. The summed E-state index contributed by atoms with van der Waals surface area (Å²) in [5.41, 5.74) is 1.91. The predicted molar refractivity (Wildman–Crippen MR) is 139 cm³/mol. The van der Waals surface area contributed by atoms with Crippen LogP contribution in [0.15, 0.2) is 97.1 Å². The second-order valence-corrected chi connectivity index (χ2v) is 10.1. The van der Waals surface area contributed by atoms with Gasteiger partial charge in [-0.25, -0.2) is 0 Å². The summed E-state index contributed by atoms with van der Waals surface area (Å²) in [5, 5.41) is 16.8. The standard InChI is InChI=1S/C28H16N2S2/c1-2-8-18-14-22-21(13-17(18)7-1)27(25-15-19-9-3-5-11-23(19)31-25)29-30-28(22)26-16-20-10-4-6-12-24(20)32-26/h1-16H. The van der Waals surface area contributed by atoms with Gasteiger partial charge in [-0.2, -0.15) is 0 Å². The van der Waals surface area contributed by atoms with E-state index in [1.165, 1.54) is 30.9 Å². The maximum atomic E-state index is 4.79. The summed E-state index contributed by atoms with van der Waals surface area (Å²) in [6.45, 7) is 0. The van der Waals surface area contributed by atoms with E-state index in [2.05, 4.69) is 97.1 Å². The van der Waals surface area contributed by atoms with Gasteiger partial charge in [-0.3, -0.25) is 0 Å². The Kier molecular flexibility index (Phi) is 3.92. The zero-order valence-corrected chi connectivity index (χ0v) is 18.6. The zero-order chi connectivity index (χ0) is 21.1. The van der Waals surface area contributed by atoms with Crippen LogP contribution in [-0.2, 0) is 0 Å². The second-order valence-electron chi connectivity index (χ2n) is 7.94. The lowest BCUT2D eigenvalue weighted by Gasteiger charge is -2.09. The number of thiophene rings is 2. The van der Waals surface area contributed by atoms with Crippen molar-refractivity contribution < 1.29 is 0 Å². The Balaban J connectivity index is 1.55. The van der Waals surface area contributed by atoms with Crippen molar-refractivity contribution in [2.75, 3.05) is 0 Å². The van der Waals surface area contributed by atoms with E-state index in [-0.39, 0.29) is 0 Å². The smallest absolute Gasteiger partial charge is 0.111 e. The molecular formula is C28H16N2S2. The lowest BCUT2D eigenvalue weighted by molar-refractivity contribution is 1.07.